The number of fused-ring (bicyclic) bond motifs is 3. The van der Waals surface area contributed by atoms with Gasteiger partial charge in [-0.05, 0) is 37.3 Å². The molecule has 0 saturated heterocycles. The lowest BCUT2D eigenvalue weighted by atomic mass is 10.1. The molecule has 0 spiro atoms. The Morgan fingerprint density at radius 1 is 1.04 bits per heavy atom. The topological polar surface area (TPSA) is 71.2 Å². The van der Waals surface area contributed by atoms with E-state index < -0.39 is 6.09 Å². The van der Waals surface area contributed by atoms with Crippen LogP contribution >= 0.6 is 0 Å². The number of aryl methyl sites for hydroxylation is 1. The first-order valence-corrected chi connectivity index (χ1v) is 8.01. The molecule has 0 fully saturated rings. The summed E-state index contributed by atoms with van der Waals surface area (Å²) in [6.07, 6.45) is 1.93. The monoisotopic (exact) mass is 332 g/mol. The number of para-hydroxylation sites is 1. The van der Waals surface area contributed by atoms with Gasteiger partial charge in [-0.1, -0.05) is 18.2 Å². The van der Waals surface area contributed by atoms with Gasteiger partial charge in [0.25, 0.3) is 0 Å². The lowest BCUT2D eigenvalue weighted by Gasteiger charge is -2.17. The minimum absolute atomic E-state index is 0.133. The number of aromatic nitrogens is 3. The number of carboxylic acid groups (broad SMARTS) is 1. The molecule has 0 atom stereocenters. The molecule has 124 valence electrons. The van der Waals surface area contributed by atoms with E-state index in [2.05, 4.69) is 33.6 Å². The third-order valence-electron chi connectivity index (χ3n) is 4.27. The van der Waals surface area contributed by atoms with Crippen LogP contribution in [0.25, 0.3) is 21.8 Å². The molecule has 0 bridgehead atoms. The van der Waals surface area contributed by atoms with Crippen molar-refractivity contribution < 1.29 is 9.90 Å². The third kappa shape index (κ3) is 2.39. The molecule has 6 heteroatoms. The molecule has 0 saturated carbocycles. The Hall–Kier alpha value is -3.41. The van der Waals surface area contributed by atoms with Crippen LogP contribution in [0.3, 0.4) is 0 Å². The molecular weight excluding hydrogens is 316 g/mol. The Bertz CT molecular complexity index is 1070. The highest BCUT2D eigenvalue weighted by Crippen LogP contribution is 2.33. The van der Waals surface area contributed by atoms with Gasteiger partial charge in [-0.2, -0.15) is 0 Å². The number of nitrogens with zero attached hydrogens (tertiary/aromatic N) is 4. The smallest absolute Gasteiger partial charge is 0.418 e. The molecule has 1 N–H and O–H groups in total. The Labute approximate surface area is 144 Å². The normalized spacial score (nSPS) is 11.1. The van der Waals surface area contributed by atoms with Crippen molar-refractivity contribution in [3.05, 3.63) is 60.9 Å². The van der Waals surface area contributed by atoms with Crippen LogP contribution in [0.5, 0.6) is 0 Å². The summed E-state index contributed by atoms with van der Waals surface area (Å²) >= 11 is 0. The number of hydrogen-bond donors (Lipinski definition) is 1. The fourth-order valence-electron chi connectivity index (χ4n) is 3.24. The Balaban J connectivity index is 1.97. The molecule has 0 radical (unpaired) electrons. The summed E-state index contributed by atoms with van der Waals surface area (Å²) in [5, 5.41) is 11.8. The van der Waals surface area contributed by atoms with Gasteiger partial charge >= 0.3 is 6.09 Å². The highest BCUT2D eigenvalue weighted by atomic mass is 16.4. The van der Waals surface area contributed by atoms with Gasteiger partial charge in [0.1, 0.15) is 0 Å². The van der Waals surface area contributed by atoms with Gasteiger partial charge in [-0.15, -0.1) is 0 Å². The van der Waals surface area contributed by atoms with Crippen LogP contribution in [0, 0.1) is 0 Å². The number of carbonyl (C=O) groups is 1. The minimum Gasteiger partial charge on any atom is -0.464 e. The molecule has 2 heterocycles. The van der Waals surface area contributed by atoms with Gasteiger partial charge in [0.05, 0.1) is 5.69 Å². The fraction of sp³-hybridized carbons (Fsp3) is 0.105. The Kier molecular flexibility index (Phi) is 3.57. The number of rotatable bonds is 3. The van der Waals surface area contributed by atoms with Gasteiger partial charge in [0.15, 0.2) is 0 Å². The van der Waals surface area contributed by atoms with Crippen LogP contribution in [0.4, 0.5) is 16.4 Å². The van der Waals surface area contributed by atoms with E-state index in [-0.39, 0.29) is 5.95 Å². The zero-order valence-electron chi connectivity index (χ0n) is 13.6. The lowest BCUT2D eigenvalue weighted by molar-refractivity contribution is 0.204. The maximum absolute atomic E-state index is 11.8. The predicted molar refractivity (Wildman–Crippen MR) is 97.3 cm³/mol. The number of amides is 1. The van der Waals surface area contributed by atoms with E-state index in [1.54, 1.807) is 12.1 Å². The summed E-state index contributed by atoms with van der Waals surface area (Å²) in [7, 11) is 0. The van der Waals surface area contributed by atoms with E-state index in [1.807, 2.05) is 24.3 Å². The average Bonchev–Trinajstić information content (AvgIpc) is 2.96. The van der Waals surface area contributed by atoms with Crippen molar-refractivity contribution in [3.63, 3.8) is 0 Å². The van der Waals surface area contributed by atoms with E-state index in [1.165, 1.54) is 12.4 Å². The summed E-state index contributed by atoms with van der Waals surface area (Å²) in [4.78, 5) is 21.0. The van der Waals surface area contributed by atoms with Gasteiger partial charge in [-0.25, -0.2) is 19.7 Å². The SMILES string of the molecule is CCn1c2ccccc2c2cc(N(C(=O)O)c3ncccn3)ccc21. The lowest BCUT2D eigenvalue weighted by Crippen LogP contribution is -2.25. The van der Waals surface area contributed by atoms with Crippen LogP contribution in [0.2, 0.25) is 0 Å². The maximum atomic E-state index is 11.8. The van der Waals surface area contributed by atoms with Crippen molar-refractivity contribution >= 4 is 39.5 Å². The number of hydrogen-bond acceptors (Lipinski definition) is 3. The van der Waals surface area contributed by atoms with E-state index in [0.717, 1.165) is 33.3 Å². The van der Waals surface area contributed by atoms with Crippen molar-refractivity contribution in [2.24, 2.45) is 0 Å². The maximum Gasteiger partial charge on any atom is 0.418 e. The van der Waals surface area contributed by atoms with E-state index in [4.69, 9.17) is 0 Å². The largest absolute Gasteiger partial charge is 0.464 e. The Morgan fingerprint density at radius 2 is 1.76 bits per heavy atom. The van der Waals surface area contributed by atoms with E-state index >= 15 is 0 Å². The summed E-state index contributed by atoms with van der Waals surface area (Å²) in [6.45, 7) is 2.94. The quantitative estimate of drug-likeness (QED) is 0.603. The molecule has 6 nitrogen and oxygen atoms in total. The average molecular weight is 332 g/mol. The number of anilines is 2. The van der Waals surface area contributed by atoms with Gasteiger partial charge < -0.3 is 9.67 Å². The first-order valence-electron chi connectivity index (χ1n) is 8.01. The van der Waals surface area contributed by atoms with E-state index in [9.17, 15) is 9.90 Å². The molecule has 2 aromatic carbocycles. The summed E-state index contributed by atoms with van der Waals surface area (Å²) < 4.78 is 2.22. The second-order valence-electron chi connectivity index (χ2n) is 5.63. The predicted octanol–water partition coefficient (Wildman–Crippen LogP) is 4.42. The Morgan fingerprint density at radius 3 is 2.48 bits per heavy atom. The van der Waals surface area contributed by atoms with Crippen molar-refractivity contribution in [2.75, 3.05) is 4.90 Å². The third-order valence-corrected chi connectivity index (χ3v) is 4.27. The van der Waals surface area contributed by atoms with Crippen molar-refractivity contribution in [2.45, 2.75) is 13.5 Å². The molecular formula is C19H16N4O2. The van der Waals surface area contributed by atoms with Gasteiger partial charge in [0.2, 0.25) is 5.95 Å². The van der Waals surface area contributed by atoms with Gasteiger partial charge in [-0.3, -0.25) is 0 Å². The van der Waals surface area contributed by atoms with E-state index in [0.29, 0.717) is 5.69 Å². The summed E-state index contributed by atoms with van der Waals surface area (Å²) in [5.74, 6) is 0.133. The first kappa shape index (κ1) is 15.1. The van der Waals surface area contributed by atoms with Crippen LogP contribution in [0.1, 0.15) is 6.92 Å². The molecule has 0 unspecified atom stereocenters. The zero-order chi connectivity index (χ0) is 17.4. The fourth-order valence-corrected chi connectivity index (χ4v) is 3.24. The highest BCUT2D eigenvalue weighted by molar-refractivity contribution is 6.10. The number of benzene rings is 2. The zero-order valence-corrected chi connectivity index (χ0v) is 13.6. The highest BCUT2D eigenvalue weighted by Gasteiger charge is 2.21. The summed E-state index contributed by atoms with van der Waals surface area (Å²) in [6, 6.07) is 15.4. The van der Waals surface area contributed by atoms with Crippen molar-refractivity contribution in [1.82, 2.24) is 14.5 Å². The second-order valence-corrected chi connectivity index (χ2v) is 5.63. The van der Waals surface area contributed by atoms with Crippen LogP contribution in [-0.4, -0.2) is 25.7 Å². The molecule has 25 heavy (non-hydrogen) atoms. The van der Waals surface area contributed by atoms with Gasteiger partial charge in [0, 0.05) is 40.7 Å². The molecule has 1 amide bonds. The van der Waals surface area contributed by atoms with Crippen LogP contribution in [-0.2, 0) is 6.54 Å². The van der Waals surface area contributed by atoms with Crippen molar-refractivity contribution in [3.8, 4) is 0 Å². The standard InChI is InChI=1S/C19H16N4O2/c1-2-22-16-7-4-3-6-14(16)15-12-13(8-9-17(15)22)23(19(24)25)18-20-10-5-11-21-18/h3-12H,2H2,1H3,(H,24,25). The second kappa shape index (κ2) is 5.90. The molecule has 2 aromatic heterocycles. The molecule has 4 rings (SSSR count). The summed E-state index contributed by atoms with van der Waals surface area (Å²) in [5.41, 5.74) is 2.73. The molecule has 0 aliphatic heterocycles. The minimum atomic E-state index is -1.12. The van der Waals surface area contributed by atoms with Crippen LogP contribution < -0.4 is 4.90 Å². The molecule has 0 aliphatic carbocycles. The van der Waals surface area contributed by atoms with Crippen LogP contribution in [0.15, 0.2) is 60.9 Å². The van der Waals surface area contributed by atoms with Crippen molar-refractivity contribution in [1.29, 1.82) is 0 Å². The molecule has 0 aliphatic rings. The first-order chi connectivity index (χ1) is 12.2. The molecule has 4 aromatic rings.